The molecule has 1 heterocycles. The lowest BCUT2D eigenvalue weighted by Crippen LogP contribution is -2.23. The molecule has 1 rings (SSSR count). The number of aromatic nitrogens is 2. The number of anilines is 1. The van der Waals surface area contributed by atoms with Gasteiger partial charge in [-0.2, -0.15) is 13.2 Å². The summed E-state index contributed by atoms with van der Waals surface area (Å²) >= 11 is 0. The third kappa shape index (κ3) is 4.56. The molecule has 0 aliphatic rings. The maximum absolute atomic E-state index is 12.4. The number of hydrogen-bond acceptors (Lipinski definition) is 4. The normalized spacial score (nSPS) is 13.5. The number of nitrogens with zero attached hydrogens (tertiary/aromatic N) is 2. The number of ether oxygens (including phenoxy) is 1. The summed E-state index contributed by atoms with van der Waals surface area (Å²) < 4.78 is 42.2. The Morgan fingerprint density at radius 3 is 2.76 bits per heavy atom. The monoisotopic (exact) mass is 249 g/mol. The van der Waals surface area contributed by atoms with Crippen LogP contribution in [0.4, 0.5) is 19.1 Å². The van der Waals surface area contributed by atoms with Crippen molar-refractivity contribution in [1.29, 1.82) is 0 Å². The van der Waals surface area contributed by atoms with Crippen LogP contribution in [0.15, 0.2) is 12.3 Å². The van der Waals surface area contributed by atoms with Crippen LogP contribution in [0.2, 0.25) is 0 Å². The van der Waals surface area contributed by atoms with Crippen molar-refractivity contribution in [1.82, 2.24) is 9.97 Å². The molecule has 17 heavy (non-hydrogen) atoms. The summed E-state index contributed by atoms with van der Waals surface area (Å²) in [6.45, 7) is 4.55. The molecule has 1 aromatic rings. The maximum Gasteiger partial charge on any atom is 0.433 e. The fraction of sp³-hybridized carbons (Fsp3) is 0.600. The van der Waals surface area contributed by atoms with Gasteiger partial charge in [0.15, 0.2) is 0 Å². The molecule has 0 aromatic carbocycles. The Morgan fingerprint density at radius 2 is 2.18 bits per heavy atom. The topological polar surface area (TPSA) is 47.0 Å². The minimum atomic E-state index is -4.46. The highest BCUT2D eigenvalue weighted by Gasteiger charge is 2.32. The molecule has 0 fully saturated rings. The highest BCUT2D eigenvalue weighted by molar-refractivity contribution is 5.27. The van der Waals surface area contributed by atoms with E-state index in [1.807, 2.05) is 6.92 Å². The molecule has 0 saturated carbocycles. The van der Waals surface area contributed by atoms with Crippen LogP contribution in [-0.4, -0.2) is 29.2 Å². The van der Waals surface area contributed by atoms with Gasteiger partial charge < -0.3 is 10.1 Å². The fourth-order valence-corrected chi connectivity index (χ4v) is 1.14. The molecule has 4 nitrogen and oxygen atoms in total. The van der Waals surface area contributed by atoms with Gasteiger partial charge in [-0.25, -0.2) is 9.97 Å². The van der Waals surface area contributed by atoms with E-state index < -0.39 is 11.9 Å². The van der Waals surface area contributed by atoms with Gasteiger partial charge in [0.05, 0.1) is 6.61 Å². The van der Waals surface area contributed by atoms with E-state index in [1.54, 1.807) is 6.92 Å². The third-order valence-electron chi connectivity index (χ3n) is 1.89. The maximum atomic E-state index is 12.4. The third-order valence-corrected chi connectivity index (χ3v) is 1.89. The Balaban J connectivity index is 2.66. The SMILES string of the molecule is CCOCC(C)Nc1nccc(C(F)(F)F)n1. The van der Waals surface area contributed by atoms with E-state index in [0.717, 1.165) is 12.3 Å². The molecule has 0 spiro atoms. The zero-order chi connectivity index (χ0) is 12.9. The predicted molar refractivity (Wildman–Crippen MR) is 56.6 cm³/mol. The lowest BCUT2D eigenvalue weighted by atomic mass is 10.3. The minimum Gasteiger partial charge on any atom is -0.380 e. The van der Waals surface area contributed by atoms with E-state index in [4.69, 9.17) is 4.74 Å². The predicted octanol–water partition coefficient (Wildman–Crippen LogP) is 2.33. The summed E-state index contributed by atoms with van der Waals surface area (Å²) in [7, 11) is 0. The molecule has 0 aliphatic heterocycles. The van der Waals surface area contributed by atoms with Crippen LogP contribution < -0.4 is 5.32 Å². The lowest BCUT2D eigenvalue weighted by molar-refractivity contribution is -0.141. The number of hydrogen-bond donors (Lipinski definition) is 1. The van der Waals surface area contributed by atoms with E-state index in [2.05, 4.69) is 15.3 Å². The van der Waals surface area contributed by atoms with Gasteiger partial charge in [-0.15, -0.1) is 0 Å². The fourth-order valence-electron chi connectivity index (χ4n) is 1.14. The van der Waals surface area contributed by atoms with Crippen LogP contribution >= 0.6 is 0 Å². The average Bonchev–Trinajstić information content (AvgIpc) is 2.25. The minimum absolute atomic E-state index is 0.0490. The van der Waals surface area contributed by atoms with Crippen LogP contribution in [0, 0.1) is 0 Å². The second-order valence-corrected chi connectivity index (χ2v) is 3.47. The molecular formula is C10H14F3N3O. The van der Waals surface area contributed by atoms with E-state index in [0.29, 0.717) is 13.2 Å². The van der Waals surface area contributed by atoms with Crippen molar-refractivity contribution in [3.63, 3.8) is 0 Å². The van der Waals surface area contributed by atoms with Crippen LogP contribution in [0.3, 0.4) is 0 Å². The number of halogens is 3. The molecule has 0 amide bonds. The average molecular weight is 249 g/mol. The van der Waals surface area contributed by atoms with Crippen LogP contribution in [0.25, 0.3) is 0 Å². The van der Waals surface area contributed by atoms with Crippen LogP contribution in [-0.2, 0) is 10.9 Å². The second kappa shape index (κ2) is 5.81. The molecule has 1 aromatic heterocycles. The molecule has 0 radical (unpaired) electrons. The summed E-state index contributed by atoms with van der Waals surface area (Å²) in [4.78, 5) is 7.11. The molecule has 1 atom stereocenters. The highest BCUT2D eigenvalue weighted by atomic mass is 19.4. The van der Waals surface area contributed by atoms with Gasteiger partial charge in [0.2, 0.25) is 5.95 Å². The Bertz CT molecular complexity index is 357. The molecule has 0 bridgehead atoms. The molecular weight excluding hydrogens is 235 g/mol. The summed E-state index contributed by atoms with van der Waals surface area (Å²) in [5, 5.41) is 2.74. The van der Waals surface area contributed by atoms with Crippen molar-refractivity contribution >= 4 is 5.95 Å². The molecule has 7 heteroatoms. The van der Waals surface area contributed by atoms with E-state index >= 15 is 0 Å². The van der Waals surface area contributed by atoms with Gasteiger partial charge >= 0.3 is 6.18 Å². The van der Waals surface area contributed by atoms with Crippen molar-refractivity contribution < 1.29 is 17.9 Å². The zero-order valence-corrected chi connectivity index (χ0v) is 9.58. The lowest BCUT2D eigenvalue weighted by Gasteiger charge is -2.14. The quantitative estimate of drug-likeness (QED) is 0.870. The van der Waals surface area contributed by atoms with Gasteiger partial charge in [-0.3, -0.25) is 0 Å². The smallest absolute Gasteiger partial charge is 0.380 e. The van der Waals surface area contributed by atoms with Crippen molar-refractivity contribution in [2.75, 3.05) is 18.5 Å². The summed E-state index contributed by atoms with van der Waals surface area (Å²) in [5.74, 6) is -0.0490. The van der Waals surface area contributed by atoms with Crippen molar-refractivity contribution in [3.05, 3.63) is 18.0 Å². The molecule has 1 N–H and O–H groups in total. The Morgan fingerprint density at radius 1 is 1.47 bits per heavy atom. The molecule has 96 valence electrons. The number of nitrogens with one attached hydrogen (secondary N) is 1. The summed E-state index contributed by atoms with van der Waals surface area (Å²) in [6, 6.07) is 0.678. The molecule has 1 unspecified atom stereocenters. The van der Waals surface area contributed by atoms with Crippen molar-refractivity contribution in [2.24, 2.45) is 0 Å². The number of alkyl halides is 3. The van der Waals surface area contributed by atoms with Crippen molar-refractivity contribution in [3.8, 4) is 0 Å². The van der Waals surface area contributed by atoms with Crippen LogP contribution in [0.5, 0.6) is 0 Å². The zero-order valence-electron chi connectivity index (χ0n) is 9.58. The molecule has 0 saturated heterocycles. The van der Waals surface area contributed by atoms with E-state index in [9.17, 15) is 13.2 Å². The highest BCUT2D eigenvalue weighted by Crippen LogP contribution is 2.27. The van der Waals surface area contributed by atoms with Gasteiger partial charge in [0.1, 0.15) is 5.69 Å². The Hall–Kier alpha value is -1.37. The Labute approximate surface area is 97.2 Å². The first-order chi connectivity index (χ1) is 7.93. The first-order valence-electron chi connectivity index (χ1n) is 5.18. The number of rotatable bonds is 5. The standard InChI is InChI=1S/C10H14F3N3O/c1-3-17-6-7(2)15-9-14-5-4-8(16-9)10(11,12)13/h4-5,7H,3,6H2,1-2H3,(H,14,15,16). The molecule has 0 aliphatic carbocycles. The van der Waals surface area contributed by atoms with E-state index in [1.165, 1.54) is 0 Å². The largest absolute Gasteiger partial charge is 0.433 e. The van der Waals surface area contributed by atoms with Gasteiger partial charge in [-0.05, 0) is 19.9 Å². The van der Waals surface area contributed by atoms with Crippen molar-refractivity contribution in [2.45, 2.75) is 26.1 Å². The van der Waals surface area contributed by atoms with E-state index in [-0.39, 0.29) is 12.0 Å². The Kier molecular flexibility index (Phi) is 4.68. The summed E-state index contributed by atoms with van der Waals surface area (Å²) in [6.07, 6.45) is -3.38. The van der Waals surface area contributed by atoms with Crippen LogP contribution in [0.1, 0.15) is 19.5 Å². The van der Waals surface area contributed by atoms with Gasteiger partial charge in [-0.1, -0.05) is 0 Å². The first kappa shape index (κ1) is 13.7. The summed E-state index contributed by atoms with van der Waals surface area (Å²) in [5.41, 5.74) is -0.960. The second-order valence-electron chi connectivity index (χ2n) is 3.47. The van der Waals surface area contributed by atoms with Gasteiger partial charge in [0.25, 0.3) is 0 Å². The first-order valence-corrected chi connectivity index (χ1v) is 5.18. The van der Waals surface area contributed by atoms with Gasteiger partial charge in [0, 0.05) is 18.8 Å².